The minimum atomic E-state index is -0.536. The Morgan fingerprint density at radius 2 is 1.22 bits per heavy atom. The maximum absolute atomic E-state index is 13.0. The molecule has 242 valence electrons. The first-order valence-electron chi connectivity index (χ1n) is 16.4. The van der Waals surface area contributed by atoms with Gasteiger partial charge in [0.25, 0.3) is 0 Å². The first-order chi connectivity index (χ1) is 22.0. The van der Waals surface area contributed by atoms with E-state index >= 15 is 0 Å². The Balaban J connectivity index is 1.11. The van der Waals surface area contributed by atoms with Gasteiger partial charge >= 0.3 is 6.09 Å². The Morgan fingerprint density at radius 1 is 0.783 bits per heavy atom. The minimum absolute atomic E-state index is 0.00236. The molecule has 2 amide bonds. The molecule has 6 rings (SSSR count). The highest BCUT2D eigenvalue weighted by Crippen LogP contribution is 2.35. The summed E-state index contributed by atoms with van der Waals surface area (Å²) in [6, 6.07) is 16.1. The summed E-state index contributed by atoms with van der Waals surface area (Å²) in [5.41, 5.74) is 11.8. The van der Waals surface area contributed by atoms with Crippen LogP contribution in [0.25, 0.3) is 33.6 Å². The van der Waals surface area contributed by atoms with E-state index in [4.69, 9.17) is 10.5 Å². The summed E-state index contributed by atoms with van der Waals surface area (Å²) < 4.78 is 5.62. The van der Waals surface area contributed by atoms with Crippen molar-refractivity contribution >= 4 is 12.0 Å². The second kappa shape index (κ2) is 12.7. The monoisotopic (exact) mass is 623 g/mol. The first kappa shape index (κ1) is 31.5. The smallest absolute Gasteiger partial charge is 0.410 e. The van der Waals surface area contributed by atoms with E-state index in [1.54, 1.807) is 4.90 Å². The number of nitrogens with zero attached hydrogens (tertiary/aromatic N) is 4. The molecule has 3 atom stereocenters. The van der Waals surface area contributed by atoms with Gasteiger partial charge in [0.15, 0.2) is 0 Å². The van der Waals surface area contributed by atoms with Crippen LogP contribution in [-0.2, 0) is 9.53 Å². The number of aromatic amines is 2. The summed E-state index contributed by atoms with van der Waals surface area (Å²) in [6.45, 7) is 11.0. The Labute approximate surface area is 270 Å². The van der Waals surface area contributed by atoms with Crippen LogP contribution in [0.15, 0.2) is 60.9 Å². The molecule has 0 bridgehead atoms. The SMILES string of the molecule is CC(C)[C@@H](N)C(=O)N1CCC[C@H]1c1ncc(-c2ccc(-c3ccc(-c4cnc([C@@H]5CCCN5C(=O)OC(C)(C)C)[nH]4)cc3)cc2)[nH]1. The van der Waals surface area contributed by atoms with Gasteiger partial charge < -0.3 is 25.3 Å². The average molecular weight is 624 g/mol. The molecule has 0 saturated carbocycles. The zero-order valence-electron chi connectivity index (χ0n) is 27.4. The van der Waals surface area contributed by atoms with Gasteiger partial charge in [0.2, 0.25) is 5.91 Å². The van der Waals surface area contributed by atoms with Crippen molar-refractivity contribution in [1.82, 2.24) is 29.7 Å². The van der Waals surface area contributed by atoms with Crippen LogP contribution in [-0.4, -0.2) is 66.5 Å². The molecule has 0 radical (unpaired) electrons. The van der Waals surface area contributed by atoms with Crippen molar-refractivity contribution in [2.45, 2.75) is 84.0 Å². The topological polar surface area (TPSA) is 133 Å². The van der Waals surface area contributed by atoms with Gasteiger partial charge in [-0.1, -0.05) is 62.4 Å². The minimum Gasteiger partial charge on any atom is -0.444 e. The number of hydrogen-bond acceptors (Lipinski definition) is 6. The van der Waals surface area contributed by atoms with Gasteiger partial charge in [-0.25, -0.2) is 14.8 Å². The summed E-state index contributed by atoms with van der Waals surface area (Å²) in [7, 11) is 0. The normalized spacial score (nSPS) is 19.2. The van der Waals surface area contributed by atoms with Crippen LogP contribution < -0.4 is 5.73 Å². The number of benzene rings is 2. The number of H-pyrrole nitrogens is 2. The molecule has 2 aliphatic heterocycles. The number of carbonyl (C=O) groups excluding carboxylic acids is 2. The zero-order valence-corrected chi connectivity index (χ0v) is 27.4. The first-order valence-corrected chi connectivity index (χ1v) is 16.4. The number of carbonyl (C=O) groups is 2. The number of imidazole rings is 2. The Morgan fingerprint density at radius 3 is 1.67 bits per heavy atom. The van der Waals surface area contributed by atoms with Gasteiger partial charge in [0.1, 0.15) is 17.2 Å². The molecule has 2 aliphatic rings. The standard InChI is InChI=1S/C36H45N7O3/c1-22(2)31(37)34(44)42-18-6-8-29(42)32-38-20-27(40-32)25-14-10-23(11-15-25)24-12-16-26(17-13-24)28-21-39-33(41-28)30-9-7-19-43(30)35(45)46-36(3,4)5/h10-17,20-22,29-31H,6-9,18-19,37H2,1-5H3,(H,38,40)(H,39,41)/t29-,30-,31+/m0/s1. The summed E-state index contributed by atoms with van der Waals surface area (Å²) in [5, 5.41) is 0. The van der Waals surface area contributed by atoms with Gasteiger partial charge in [0, 0.05) is 13.1 Å². The van der Waals surface area contributed by atoms with E-state index in [1.165, 1.54) is 0 Å². The van der Waals surface area contributed by atoms with Crippen molar-refractivity contribution in [1.29, 1.82) is 0 Å². The summed E-state index contributed by atoms with van der Waals surface area (Å²) >= 11 is 0. The highest BCUT2D eigenvalue weighted by molar-refractivity contribution is 5.82. The van der Waals surface area contributed by atoms with Gasteiger partial charge in [-0.3, -0.25) is 9.69 Å². The molecule has 4 heterocycles. The lowest BCUT2D eigenvalue weighted by Gasteiger charge is -2.27. The average Bonchev–Trinajstić information content (AvgIpc) is 3.85. The molecule has 2 aromatic heterocycles. The molecule has 10 heteroatoms. The Hall–Kier alpha value is -4.44. The molecule has 4 aromatic rings. The molecular weight excluding hydrogens is 578 g/mol. The van der Waals surface area contributed by atoms with Crippen LogP contribution in [0.4, 0.5) is 4.79 Å². The summed E-state index contributed by atoms with van der Waals surface area (Å²) in [4.78, 5) is 45.6. The van der Waals surface area contributed by atoms with E-state index in [9.17, 15) is 9.59 Å². The number of rotatable bonds is 7. The van der Waals surface area contributed by atoms with Crippen LogP contribution in [0.3, 0.4) is 0 Å². The van der Waals surface area contributed by atoms with E-state index in [-0.39, 0.29) is 30.0 Å². The van der Waals surface area contributed by atoms with Crippen LogP contribution in [0.2, 0.25) is 0 Å². The predicted molar refractivity (Wildman–Crippen MR) is 178 cm³/mol. The van der Waals surface area contributed by atoms with Gasteiger partial charge in [-0.2, -0.15) is 0 Å². The second-order valence-corrected chi connectivity index (χ2v) is 13.8. The van der Waals surface area contributed by atoms with E-state index < -0.39 is 11.6 Å². The van der Waals surface area contributed by atoms with Gasteiger partial charge in [-0.05, 0) is 74.6 Å². The molecule has 0 unspecified atom stereocenters. The number of ether oxygens (including phenoxy) is 1. The molecule has 46 heavy (non-hydrogen) atoms. The van der Waals surface area contributed by atoms with Crippen LogP contribution in [0.1, 0.15) is 84.0 Å². The molecule has 2 aromatic carbocycles. The predicted octanol–water partition coefficient (Wildman–Crippen LogP) is 6.85. The van der Waals surface area contributed by atoms with Crippen molar-refractivity contribution in [3.05, 3.63) is 72.6 Å². The number of likely N-dealkylation sites (tertiary alicyclic amines) is 2. The number of hydrogen-bond donors (Lipinski definition) is 3. The van der Waals surface area contributed by atoms with E-state index in [0.717, 1.165) is 71.0 Å². The number of nitrogens with one attached hydrogen (secondary N) is 2. The summed E-state index contributed by atoms with van der Waals surface area (Å²) in [5.74, 6) is 1.68. The lowest BCUT2D eigenvalue weighted by Crippen LogP contribution is -2.46. The number of amides is 2. The lowest BCUT2D eigenvalue weighted by atomic mass is 10.0. The van der Waals surface area contributed by atoms with Crippen molar-refractivity contribution < 1.29 is 14.3 Å². The van der Waals surface area contributed by atoms with Crippen molar-refractivity contribution in [3.8, 4) is 33.6 Å². The third kappa shape index (κ3) is 6.58. The van der Waals surface area contributed by atoms with E-state index in [0.29, 0.717) is 13.1 Å². The quantitative estimate of drug-likeness (QED) is 0.206. The fraction of sp³-hybridized carbons (Fsp3) is 0.444. The third-order valence-electron chi connectivity index (χ3n) is 8.97. The van der Waals surface area contributed by atoms with Crippen molar-refractivity contribution in [2.24, 2.45) is 11.7 Å². The molecular formula is C36H45N7O3. The number of aromatic nitrogens is 4. The van der Waals surface area contributed by atoms with Crippen LogP contribution in [0, 0.1) is 5.92 Å². The molecule has 2 saturated heterocycles. The Kier molecular flexibility index (Phi) is 8.74. The lowest BCUT2D eigenvalue weighted by molar-refractivity contribution is -0.134. The van der Waals surface area contributed by atoms with Gasteiger partial charge in [-0.15, -0.1) is 0 Å². The second-order valence-electron chi connectivity index (χ2n) is 13.8. The molecule has 0 spiro atoms. The van der Waals surface area contributed by atoms with Crippen molar-refractivity contribution in [3.63, 3.8) is 0 Å². The van der Waals surface area contributed by atoms with Crippen LogP contribution >= 0.6 is 0 Å². The maximum atomic E-state index is 13.0. The maximum Gasteiger partial charge on any atom is 0.410 e. The largest absolute Gasteiger partial charge is 0.444 e. The molecule has 10 nitrogen and oxygen atoms in total. The van der Waals surface area contributed by atoms with Crippen molar-refractivity contribution in [2.75, 3.05) is 13.1 Å². The van der Waals surface area contributed by atoms with Crippen LogP contribution in [0.5, 0.6) is 0 Å². The zero-order chi connectivity index (χ0) is 32.6. The summed E-state index contributed by atoms with van der Waals surface area (Å²) in [6.07, 6.45) is 6.98. The third-order valence-corrected chi connectivity index (χ3v) is 8.97. The molecule has 4 N–H and O–H groups in total. The highest BCUT2D eigenvalue weighted by Gasteiger charge is 2.36. The Bertz CT molecular complexity index is 1670. The molecule has 2 fully saturated rings. The van der Waals surface area contributed by atoms with Gasteiger partial charge in [0.05, 0.1) is 41.9 Å². The van der Waals surface area contributed by atoms with E-state index in [2.05, 4.69) is 68.5 Å². The fourth-order valence-electron chi connectivity index (χ4n) is 6.37. The molecule has 0 aliphatic carbocycles. The highest BCUT2D eigenvalue weighted by atomic mass is 16.6. The number of nitrogens with two attached hydrogens (primary N) is 1. The fourth-order valence-corrected chi connectivity index (χ4v) is 6.37. The van der Waals surface area contributed by atoms with E-state index in [1.807, 2.05) is 51.9 Å².